The summed E-state index contributed by atoms with van der Waals surface area (Å²) >= 11 is 0. The zero-order valence-corrected chi connectivity index (χ0v) is 12.9. The van der Waals surface area contributed by atoms with Crippen molar-refractivity contribution in [1.82, 2.24) is 4.90 Å². The molecule has 0 aliphatic carbocycles. The normalized spacial score (nSPS) is 11.6. The number of benzene rings is 2. The topological polar surface area (TPSA) is 32.3 Å². The van der Waals surface area contributed by atoms with Crippen molar-refractivity contribution < 1.29 is 22.4 Å². The van der Waals surface area contributed by atoms with Gasteiger partial charge in [0.2, 0.25) is 5.91 Å². The molecule has 0 unspecified atom stereocenters. The maximum absolute atomic E-state index is 12.8. The van der Waals surface area contributed by atoms with Gasteiger partial charge >= 0.3 is 6.18 Å². The number of carbonyl (C=O) groups excluding carboxylic acids is 1. The summed E-state index contributed by atoms with van der Waals surface area (Å²) in [6, 6.07) is 10.3. The first-order valence-electron chi connectivity index (χ1n) is 7.14. The lowest BCUT2D eigenvalue weighted by atomic mass is 10.2. The predicted molar refractivity (Wildman–Crippen MR) is 82.8 cm³/mol. The molecule has 1 N–H and O–H groups in total. The number of carbonyl (C=O) groups is 1. The van der Waals surface area contributed by atoms with Gasteiger partial charge in [0.25, 0.3) is 0 Å². The van der Waals surface area contributed by atoms with Crippen molar-refractivity contribution in [3.8, 4) is 0 Å². The minimum Gasteiger partial charge on any atom is -0.325 e. The third-order valence-corrected chi connectivity index (χ3v) is 3.25. The summed E-state index contributed by atoms with van der Waals surface area (Å²) in [5, 5.41) is 2.44. The zero-order valence-electron chi connectivity index (χ0n) is 12.9. The molecule has 0 saturated heterocycles. The Morgan fingerprint density at radius 1 is 1.12 bits per heavy atom. The number of hydrogen-bond acceptors (Lipinski definition) is 2. The van der Waals surface area contributed by atoms with Crippen molar-refractivity contribution in [3.05, 3.63) is 65.5 Å². The Bertz CT molecular complexity index is 698. The summed E-state index contributed by atoms with van der Waals surface area (Å²) in [4.78, 5) is 13.6. The molecule has 2 rings (SSSR count). The third kappa shape index (κ3) is 5.34. The lowest BCUT2D eigenvalue weighted by Gasteiger charge is -2.17. The predicted octanol–water partition coefficient (Wildman–Crippen LogP) is 3.92. The summed E-state index contributed by atoms with van der Waals surface area (Å²) in [5.41, 5.74) is 0.0933. The summed E-state index contributed by atoms with van der Waals surface area (Å²) < 4.78 is 50.8. The van der Waals surface area contributed by atoms with Crippen molar-refractivity contribution in [2.75, 3.05) is 18.9 Å². The molecule has 2 aromatic carbocycles. The Balaban J connectivity index is 1.92. The van der Waals surface area contributed by atoms with Gasteiger partial charge < -0.3 is 5.32 Å². The number of likely N-dealkylation sites (N-methyl/N-ethyl adjacent to an activating group) is 1. The van der Waals surface area contributed by atoms with Crippen molar-refractivity contribution >= 4 is 11.6 Å². The molecule has 3 nitrogen and oxygen atoms in total. The van der Waals surface area contributed by atoms with Crippen LogP contribution in [0, 0.1) is 5.82 Å². The fraction of sp³-hybridized carbons (Fsp3) is 0.235. The van der Waals surface area contributed by atoms with Crippen LogP contribution in [-0.2, 0) is 17.5 Å². The highest BCUT2D eigenvalue weighted by Gasteiger charge is 2.30. The molecule has 0 aliphatic rings. The van der Waals surface area contributed by atoms with Crippen LogP contribution in [0.25, 0.3) is 0 Å². The first-order chi connectivity index (χ1) is 11.2. The maximum Gasteiger partial charge on any atom is 0.416 e. The third-order valence-electron chi connectivity index (χ3n) is 3.25. The van der Waals surface area contributed by atoms with E-state index in [0.29, 0.717) is 6.54 Å². The van der Waals surface area contributed by atoms with Crippen LogP contribution in [0.15, 0.2) is 48.5 Å². The quantitative estimate of drug-likeness (QED) is 0.837. The Kier molecular flexibility index (Phi) is 5.56. The lowest BCUT2D eigenvalue weighted by Crippen LogP contribution is -2.29. The van der Waals surface area contributed by atoms with Crippen LogP contribution in [0.3, 0.4) is 0 Å². The number of amides is 1. The van der Waals surface area contributed by atoms with E-state index >= 15 is 0 Å². The first-order valence-corrected chi connectivity index (χ1v) is 7.14. The van der Waals surface area contributed by atoms with Gasteiger partial charge in [0, 0.05) is 12.2 Å². The Hall–Kier alpha value is -2.41. The number of alkyl halides is 3. The number of hydrogen-bond donors (Lipinski definition) is 1. The van der Waals surface area contributed by atoms with Crippen molar-refractivity contribution in [1.29, 1.82) is 0 Å². The Labute approximate surface area is 136 Å². The molecule has 0 heterocycles. The van der Waals surface area contributed by atoms with Crippen LogP contribution in [0.2, 0.25) is 0 Å². The van der Waals surface area contributed by atoms with Gasteiger partial charge in [-0.3, -0.25) is 9.69 Å². The van der Waals surface area contributed by atoms with Crippen LogP contribution in [0.5, 0.6) is 0 Å². The number of nitrogens with zero attached hydrogens (tertiary/aromatic N) is 1. The lowest BCUT2D eigenvalue weighted by molar-refractivity contribution is -0.137. The molecule has 24 heavy (non-hydrogen) atoms. The summed E-state index contributed by atoms with van der Waals surface area (Å²) in [6.07, 6.45) is -4.46. The second kappa shape index (κ2) is 7.44. The van der Waals surface area contributed by atoms with Gasteiger partial charge in [0.05, 0.1) is 12.1 Å². The van der Waals surface area contributed by atoms with Gasteiger partial charge in [-0.15, -0.1) is 0 Å². The van der Waals surface area contributed by atoms with E-state index in [-0.39, 0.29) is 18.0 Å². The second-order valence-electron chi connectivity index (χ2n) is 5.43. The van der Waals surface area contributed by atoms with Gasteiger partial charge in [0.15, 0.2) is 0 Å². The van der Waals surface area contributed by atoms with Gasteiger partial charge in [-0.2, -0.15) is 13.2 Å². The van der Waals surface area contributed by atoms with E-state index in [1.54, 1.807) is 24.1 Å². The second-order valence-corrected chi connectivity index (χ2v) is 5.43. The van der Waals surface area contributed by atoms with Crippen molar-refractivity contribution in [2.24, 2.45) is 0 Å². The summed E-state index contributed by atoms with van der Waals surface area (Å²) in [5.74, 6) is -0.775. The maximum atomic E-state index is 12.8. The van der Waals surface area contributed by atoms with E-state index in [2.05, 4.69) is 5.32 Å². The minimum atomic E-state index is -4.46. The molecule has 0 fully saturated rings. The highest BCUT2D eigenvalue weighted by Crippen LogP contribution is 2.30. The molecule has 0 radical (unpaired) electrons. The molecule has 1 amide bonds. The van der Waals surface area contributed by atoms with Gasteiger partial charge in [-0.05, 0) is 42.9 Å². The van der Waals surface area contributed by atoms with Gasteiger partial charge in [-0.1, -0.05) is 18.2 Å². The highest BCUT2D eigenvalue weighted by molar-refractivity contribution is 5.92. The van der Waals surface area contributed by atoms with E-state index in [1.165, 1.54) is 24.3 Å². The Morgan fingerprint density at radius 2 is 1.79 bits per heavy atom. The van der Waals surface area contributed by atoms with Gasteiger partial charge in [-0.25, -0.2) is 4.39 Å². The molecule has 0 spiro atoms. The smallest absolute Gasteiger partial charge is 0.325 e. The van der Waals surface area contributed by atoms with Crippen LogP contribution in [-0.4, -0.2) is 24.4 Å². The summed E-state index contributed by atoms with van der Waals surface area (Å²) in [6.45, 7) is 0.407. The molecular weight excluding hydrogens is 324 g/mol. The molecular formula is C17H16F4N2O. The number of rotatable bonds is 5. The van der Waals surface area contributed by atoms with Gasteiger partial charge in [0.1, 0.15) is 5.82 Å². The average Bonchev–Trinajstić information content (AvgIpc) is 2.49. The molecule has 0 bridgehead atoms. The van der Waals surface area contributed by atoms with E-state index in [9.17, 15) is 22.4 Å². The summed E-state index contributed by atoms with van der Waals surface area (Å²) in [7, 11) is 1.69. The van der Waals surface area contributed by atoms with E-state index < -0.39 is 17.6 Å². The first kappa shape index (κ1) is 17.9. The van der Waals surface area contributed by atoms with Crippen LogP contribution in [0.1, 0.15) is 11.1 Å². The molecule has 7 heteroatoms. The van der Waals surface area contributed by atoms with Crippen molar-refractivity contribution in [2.45, 2.75) is 12.7 Å². The highest BCUT2D eigenvalue weighted by atomic mass is 19.4. The number of halogens is 4. The van der Waals surface area contributed by atoms with E-state index in [4.69, 9.17) is 0 Å². The fourth-order valence-electron chi connectivity index (χ4n) is 2.18. The van der Waals surface area contributed by atoms with E-state index in [0.717, 1.165) is 17.7 Å². The number of anilines is 1. The minimum absolute atomic E-state index is 0.00633. The molecule has 0 saturated carbocycles. The molecule has 0 aliphatic heterocycles. The standard InChI is InChI=1S/C17H16F4N2O/c1-23(10-12-5-7-14(18)8-6-12)11-16(24)22-15-4-2-3-13(9-15)17(19,20)21/h2-9H,10-11H2,1H3,(H,22,24). The fourth-order valence-corrected chi connectivity index (χ4v) is 2.18. The molecule has 0 atom stereocenters. The SMILES string of the molecule is CN(CC(=O)Nc1cccc(C(F)(F)F)c1)Cc1ccc(F)cc1. The monoisotopic (exact) mass is 340 g/mol. The molecule has 2 aromatic rings. The van der Waals surface area contributed by atoms with E-state index in [1.807, 2.05) is 0 Å². The van der Waals surface area contributed by atoms with Crippen LogP contribution in [0.4, 0.5) is 23.2 Å². The van der Waals surface area contributed by atoms with Crippen molar-refractivity contribution in [3.63, 3.8) is 0 Å². The van der Waals surface area contributed by atoms with Crippen LogP contribution >= 0.6 is 0 Å². The Morgan fingerprint density at radius 3 is 2.42 bits per heavy atom. The largest absolute Gasteiger partial charge is 0.416 e. The van der Waals surface area contributed by atoms with Crippen LogP contribution < -0.4 is 5.32 Å². The average molecular weight is 340 g/mol. The zero-order chi connectivity index (χ0) is 17.7. The molecule has 0 aromatic heterocycles. The molecule has 128 valence electrons. The number of nitrogens with one attached hydrogen (secondary N) is 1.